The van der Waals surface area contributed by atoms with E-state index in [0.717, 1.165) is 43.9 Å². The Morgan fingerprint density at radius 2 is 1.75 bits per heavy atom. The molecule has 0 unspecified atom stereocenters. The third kappa shape index (κ3) is 4.63. The standard InChI is InChI=1S/C21H30N4O2S/c26-20(25-14-15-28-19-9-5-4-8-18(19)25)16-23-10-12-24(13-11-23)21(27)22-17-6-2-1-3-7-17/h4-5,8-9,17H,1-3,6-7,10-16H2,(H,22,27). The van der Waals surface area contributed by atoms with Gasteiger partial charge in [0, 0.05) is 49.4 Å². The van der Waals surface area contributed by atoms with Gasteiger partial charge in [-0.3, -0.25) is 9.69 Å². The van der Waals surface area contributed by atoms with Crippen molar-refractivity contribution in [3.63, 3.8) is 0 Å². The summed E-state index contributed by atoms with van der Waals surface area (Å²) in [6.45, 7) is 4.10. The molecule has 0 spiro atoms. The van der Waals surface area contributed by atoms with Gasteiger partial charge in [0.15, 0.2) is 0 Å². The van der Waals surface area contributed by atoms with E-state index in [9.17, 15) is 9.59 Å². The molecule has 7 heteroatoms. The molecule has 2 heterocycles. The second-order valence-electron chi connectivity index (χ2n) is 7.91. The molecule has 28 heavy (non-hydrogen) atoms. The summed E-state index contributed by atoms with van der Waals surface area (Å²) in [5.74, 6) is 1.10. The number of urea groups is 1. The van der Waals surface area contributed by atoms with E-state index in [1.165, 1.54) is 24.2 Å². The Labute approximate surface area is 171 Å². The highest BCUT2D eigenvalue weighted by atomic mass is 32.2. The Bertz CT molecular complexity index is 699. The molecule has 3 aliphatic rings. The summed E-state index contributed by atoms with van der Waals surface area (Å²) in [7, 11) is 0. The van der Waals surface area contributed by atoms with Gasteiger partial charge in [-0.25, -0.2) is 4.79 Å². The molecule has 2 fully saturated rings. The summed E-state index contributed by atoms with van der Waals surface area (Å²) in [6.07, 6.45) is 5.95. The van der Waals surface area contributed by atoms with Crippen molar-refractivity contribution < 1.29 is 9.59 Å². The van der Waals surface area contributed by atoms with Crippen molar-refractivity contribution in [1.29, 1.82) is 0 Å². The highest BCUT2D eigenvalue weighted by Crippen LogP contribution is 2.34. The van der Waals surface area contributed by atoms with Crippen LogP contribution < -0.4 is 10.2 Å². The van der Waals surface area contributed by atoms with E-state index in [1.807, 2.05) is 39.8 Å². The van der Waals surface area contributed by atoms with Crippen molar-refractivity contribution in [2.75, 3.05) is 49.9 Å². The van der Waals surface area contributed by atoms with Gasteiger partial charge in [0.25, 0.3) is 0 Å². The molecule has 152 valence electrons. The minimum atomic E-state index is 0.0693. The topological polar surface area (TPSA) is 55.9 Å². The summed E-state index contributed by atoms with van der Waals surface area (Å²) >= 11 is 1.81. The molecule has 1 N–H and O–H groups in total. The lowest BCUT2D eigenvalue weighted by Crippen LogP contribution is -2.55. The molecule has 0 atom stereocenters. The number of benzene rings is 1. The van der Waals surface area contributed by atoms with Crippen molar-refractivity contribution in [2.24, 2.45) is 0 Å². The molecule has 0 bridgehead atoms. The predicted molar refractivity (Wildman–Crippen MR) is 113 cm³/mol. The summed E-state index contributed by atoms with van der Waals surface area (Å²) in [5, 5.41) is 3.20. The number of hydrogen-bond acceptors (Lipinski definition) is 4. The molecule has 1 aliphatic carbocycles. The number of para-hydroxylation sites is 1. The van der Waals surface area contributed by atoms with Gasteiger partial charge in [0.1, 0.15) is 0 Å². The van der Waals surface area contributed by atoms with Crippen molar-refractivity contribution in [3.8, 4) is 0 Å². The number of thioether (sulfide) groups is 1. The normalized spacial score (nSPS) is 21.3. The third-order valence-electron chi connectivity index (χ3n) is 5.98. The molecule has 1 aromatic rings. The number of carbonyl (C=O) groups excluding carboxylic acids is 2. The van der Waals surface area contributed by atoms with Crippen LogP contribution in [0.5, 0.6) is 0 Å². The summed E-state index contributed by atoms with van der Waals surface area (Å²) < 4.78 is 0. The van der Waals surface area contributed by atoms with E-state index >= 15 is 0 Å². The summed E-state index contributed by atoms with van der Waals surface area (Å²) in [6, 6.07) is 8.56. The molecule has 0 aromatic heterocycles. The molecule has 6 nitrogen and oxygen atoms in total. The number of piperazine rings is 1. The number of nitrogens with one attached hydrogen (secondary N) is 1. The smallest absolute Gasteiger partial charge is 0.317 e. The van der Waals surface area contributed by atoms with Gasteiger partial charge in [0.05, 0.1) is 12.2 Å². The van der Waals surface area contributed by atoms with Gasteiger partial charge in [-0.15, -0.1) is 11.8 Å². The Morgan fingerprint density at radius 1 is 1.00 bits per heavy atom. The highest BCUT2D eigenvalue weighted by molar-refractivity contribution is 7.99. The molecule has 3 amide bonds. The van der Waals surface area contributed by atoms with Crippen LogP contribution in [0.1, 0.15) is 32.1 Å². The predicted octanol–water partition coefficient (Wildman–Crippen LogP) is 2.79. The molecule has 2 aliphatic heterocycles. The van der Waals surface area contributed by atoms with Crippen molar-refractivity contribution in [1.82, 2.24) is 15.1 Å². The number of hydrogen-bond donors (Lipinski definition) is 1. The monoisotopic (exact) mass is 402 g/mol. The van der Waals surface area contributed by atoms with Crippen LogP contribution in [0.25, 0.3) is 0 Å². The maximum absolute atomic E-state index is 12.9. The van der Waals surface area contributed by atoms with Crippen LogP contribution in [0.4, 0.5) is 10.5 Å². The fourth-order valence-corrected chi connectivity index (χ4v) is 5.32. The number of fused-ring (bicyclic) bond motifs is 1. The van der Waals surface area contributed by atoms with Gasteiger partial charge < -0.3 is 15.1 Å². The molecule has 1 saturated carbocycles. The Morgan fingerprint density at radius 3 is 2.54 bits per heavy atom. The highest BCUT2D eigenvalue weighted by Gasteiger charge is 2.28. The molecule has 1 saturated heterocycles. The maximum atomic E-state index is 12.9. The van der Waals surface area contributed by atoms with E-state index in [-0.39, 0.29) is 11.9 Å². The van der Waals surface area contributed by atoms with Crippen LogP contribution in [0.15, 0.2) is 29.2 Å². The molecular weight excluding hydrogens is 372 g/mol. The first-order chi connectivity index (χ1) is 13.7. The number of nitrogens with zero attached hydrogens (tertiary/aromatic N) is 3. The molecular formula is C21H30N4O2S. The van der Waals surface area contributed by atoms with Gasteiger partial charge in [0.2, 0.25) is 5.91 Å². The molecule has 1 aromatic carbocycles. The SMILES string of the molecule is O=C(NC1CCCCC1)N1CCN(CC(=O)N2CCSc3ccccc32)CC1. The Balaban J connectivity index is 1.25. The first kappa shape index (κ1) is 19.6. The fourth-order valence-electron chi connectivity index (χ4n) is 4.33. The van der Waals surface area contributed by atoms with E-state index in [2.05, 4.69) is 16.3 Å². The Hall–Kier alpha value is -1.73. The van der Waals surface area contributed by atoms with Crippen LogP contribution >= 0.6 is 11.8 Å². The minimum absolute atomic E-state index is 0.0693. The maximum Gasteiger partial charge on any atom is 0.317 e. The first-order valence-electron chi connectivity index (χ1n) is 10.5. The largest absolute Gasteiger partial charge is 0.335 e. The lowest BCUT2D eigenvalue weighted by molar-refractivity contribution is -0.120. The average Bonchev–Trinajstić information content (AvgIpc) is 2.74. The van der Waals surface area contributed by atoms with Gasteiger partial charge >= 0.3 is 6.03 Å². The minimum Gasteiger partial charge on any atom is -0.335 e. The lowest BCUT2D eigenvalue weighted by Gasteiger charge is -2.37. The second-order valence-corrected chi connectivity index (χ2v) is 9.05. The third-order valence-corrected chi connectivity index (χ3v) is 7.02. The van der Waals surface area contributed by atoms with Crippen LogP contribution in [-0.4, -0.2) is 72.8 Å². The molecule has 0 radical (unpaired) electrons. The van der Waals surface area contributed by atoms with Crippen molar-refractivity contribution in [3.05, 3.63) is 24.3 Å². The number of rotatable bonds is 3. The van der Waals surface area contributed by atoms with Gasteiger partial charge in [-0.05, 0) is 25.0 Å². The summed E-state index contributed by atoms with van der Waals surface area (Å²) in [5.41, 5.74) is 1.04. The quantitative estimate of drug-likeness (QED) is 0.845. The zero-order valence-corrected chi connectivity index (χ0v) is 17.3. The Kier molecular flexibility index (Phi) is 6.42. The zero-order valence-electron chi connectivity index (χ0n) is 16.4. The number of carbonyl (C=O) groups is 2. The average molecular weight is 403 g/mol. The van der Waals surface area contributed by atoms with Crippen LogP contribution in [0, 0.1) is 0 Å². The van der Waals surface area contributed by atoms with Gasteiger partial charge in [-0.2, -0.15) is 0 Å². The van der Waals surface area contributed by atoms with E-state index in [0.29, 0.717) is 25.7 Å². The van der Waals surface area contributed by atoms with Crippen LogP contribution in [0.3, 0.4) is 0 Å². The molecule has 4 rings (SSSR count). The zero-order chi connectivity index (χ0) is 19.3. The van der Waals surface area contributed by atoms with Crippen LogP contribution in [-0.2, 0) is 4.79 Å². The van der Waals surface area contributed by atoms with Crippen LogP contribution in [0.2, 0.25) is 0 Å². The second kappa shape index (κ2) is 9.18. The van der Waals surface area contributed by atoms with Crippen molar-refractivity contribution >= 4 is 29.4 Å². The summed E-state index contributed by atoms with van der Waals surface area (Å²) in [4.78, 5) is 32.6. The number of anilines is 1. The van der Waals surface area contributed by atoms with Crippen molar-refractivity contribution in [2.45, 2.75) is 43.0 Å². The number of amides is 3. The lowest BCUT2D eigenvalue weighted by atomic mass is 9.96. The first-order valence-corrected chi connectivity index (χ1v) is 11.5. The van der Waals surface area contributed by atoms with Gasteiger partial charge in [-0.1, -0.05) is 31.4 Å². The van der Waals surface area contributed by atoms with E-state index in [4.69, 9.17) is 0 Å². The van der Waals surface area contributed by atoms with E-state index in [1.54, 1.807) is 0 Å². The van der Waals surface area contributed by atoms with E-state index < -0.39 is 0 Å². The fraction of sp³-hybridized carbons (Fsp3) is 0.619.